The number of rotatable bonds is 6. The highest BCUT2D eigenvalue weighted by atomic mass is 16.5. The minimum Gasteiger partial charge on any atom is -0.568 e. The molecule has 0 unspecified atom stereocenters. The molecule has 3 aromatic carbocycles. The summed E-state index contributed by atoms with van der Waals surface area (Å²) < 4.78 is 18.1. The minimum absolute atomic E-state index is 0.132. The third-order valence-corrected chi connectivity index (χ3v) is 3.88. The summed E-state index contributed by atoms with van der Waals surface area (Å²) in [7, 11) is 0. The van der Waals surface area contributed by atoms with Gasteiger partial charge in [0.15, 0.2) is 0 Å². The number of benzene rings is 3. The molecule has 1 fully saturated rings. The highest BCUT2D eigenvalue weighted by Crippen LogP contribution is 2.27. The van der Waals surface area contributed by atoms with E-state index in [1.807, 2.05) is 91.0 Å². The second-order valence-corrected chi connectivity index (χ2v) is 5.69. The first-order valence-corrected chi connectivity index (χ1v) is 8.05. The first kappa shape index (κ1) is 14.8. The molecule has 0 atom stereocenters. The summed E-state index contributed by atoms with van der Waals surface area (Å²) in [5, 5.41) is 0. The largest absolute Gasteiger partial charge is 0.568 e. The van der Waals surface area contributed by atoms with E-state index in [4.69, 9.17) is 14.0 Å². The molecule has 0 aromatic heterocycles. The van der Waals surface area contributed by atoms with Crippen LogP contribution >= 0.6 is 0 Å². The van der Waals surface area contributed by atoms with E-state index in [0.29, 0.717) is 0 Å². The van der Waals surface area contributed by atoms with E-state index >= 15 is 0 Å². The van der Waals surface area contributed by atoms with Crippen LogP contribution in [0.25, 0.3) is 0 Å². The molecule has 0 amide bonds. The third kappa shape index (κ3) is 3.43. The Morgan fingerprint density at radius 2 is 0.625 bits per heavy atom. The summed E-state index contributed by atoms with van der Waals surface area (Å²) in [5.74, 6) is 2.47. The summed E-state index contributed by atoms with van der Waals surface area (Å²) in [5.41, 5.74) is 0. The van der Waals surface area contributed by atoms with E-state index < -0.39 is 0 Å². The van der Waals surface area contributed by atoms with Crippen LogP contribution in [0.2, 0.25) is 0 Å². The lowest BCUT2D eigenvalue weighted by Crippen LogP contribution is -2.17. The highest BCUT2D eigenvalue weighted by Gasteiger charge is 2.73. The zero-order chi connectivity index (χ0) is 16.2. The molecule has 1 saturated heterocycles. The molecular formula is C18H15B3O3. The van der Waals surface area contributed by atoms with E-state index in [1.165, 1.54) is 0 Å². The maximum atomic E-state index is 6.04. The molecule has 114 valence electrons. The number of para-hydroxylation sites is 3. The Kier molecular flexibility index (Phi) is 4.19. The number of hydrogen-bond acceptors (Lipinski definition) is 3. The van der Waals surface area contributed by atoms with Crippen molar-refractivity contribution >= 4 is 20.1 Å². The van der Waals surface area contributed by atoms with Gasteiger partial charge in [-0.3, -0.25) is 0 Å². The Balaban J connectivity index is 1.48. The first-order chi connectivity index (χ1) is 11.9. The van der Waals surface area contributed by atoms with Crippen molar-refractivity contribution in [3.05, 3.63) is 91.0 Å². The van der Waals surface area contributed by atoms with Gasteiger partial charge in [0.1, 0.15) is 0 Å². The average molecular weight is 312 g/mol. The SMILES string of the molecule is c1ccc(OB2B(Oc3ccccc3)B2Oc2ccccc2)cc1. The van der Waals surface area contributed by atoms with Crippen molar-refractivity contribution in [1.29, 1.82) is 0 Å². The maximum absolute atomic E-state index is 6.04. The zero-order valence-corrected chi connectivity index (χ0v) is 13.1. The molecule has 1 aliphatic heterocycles. The Morgan fingerprint density at radius 1 is 0.375 bits per heavy atom. The molecule has 3 aromatic rings. The molecule has 0 radical (unpaired) electrons. The quantitative estimate of drug-likeness (QED) is 0.653. The van der Waals surface area contributed by atoms with Gasteiger partial charge in [0, 0.05) is 0 Å². The number of hydrogen-bond donors (Lipinski definition) is 0. The van der Waals surface area contributed by atoms with Crippen LogP contribution in [0.4, 0.5) is 0 Å². The van der Waals surface area contributed by atoms with Crippen molar-refractivity contribution in [3.63, 3.8) is 0 Å². The van der Waals surface area contributed by atoms with Gasteiger partial charge in [-0.1, -0.05) is 54.6 Å². The van der Waals surface area contributed by atoms with E-state index in [0.717, 1.165) is 17.2 Å². The molecule has 3 nitrogen and oxygen atoms in total. The van der Waals surface area contributed by atoms with Gasteiger partial charge in [-0.2, -0.15) is 0 Å². The topological polar surface area (TPSA) is 27.7 Å². The standard InChI is InChI=1S/C18H15B3O3/c1-4-10-16(11-5-1)22-19-20(23-17-12-6-2-7-13-17)21(19)24-18-14-8-3-9-15-18/h1-15H. The summed E-state index contributed by atoms with van der Waals surface area (Å²) in [6, 6.07) is 29.3. The van der Waals surface area contributed by atoms with Gasteiger partial charge in [0.25, 0.3) is 0 Å². The second-order valence-electron chi connectivity index (χ2n) is 5.69. The summed E-state index contributed by atoms with van der Waals surface area (Å²) in [6.07, 6.45) is 0. The van der Waals surface area contributed by atoms with Gasteiger partial charge in [-0.05, 0) is 36.4 Å². The summed E-state index contributed by atoms with van der Waals surface area (Å²) >= 11 is 0. The summed E-state index contributed by atoms with van der Waals surface area (Å²) in [6.45, 7) is -0.395. The molecule has 1 aliphatic rings. The molecule has 24 heavy (non-hydrogen) atoms. The molecule has 0 N–H and O–H groups in total. The first-order valence-electron chi connectivity index (χ1n) is 8.05. The van der Waals surface area contributed by atoms with Gasteiger partial charge in [0.2, 0.25) is 0 Å². The van der Waals surface area contributed by atoms with Gasteiger partial charge in [0.05, 0.1) is 17.2 Å². The van der Waals surface area contributed by atoms with Crippen molar-refractivity contribution in [1.82, 2.24) is 0 Å². The van der Waals surface area contributed by atoms with Crippen molar-refractivity contribution in [3.8, 4) is 17.2 Å². The van der Waals surface area contributed by atoms with Crippen LogP contribution in [0.15, 0.2) is 91.0 Å². The monoisotopic (exact) mass is 312 g/mol. The predicted octanol–water partition coefficient (Wildman–Crippen LogP) is 3.45. The fraction of sp³-hybridized carbons (Fsp3) is 0. The van der Waals surface area contributed by atoms with Gasteiger partial charge in [-0.25, -0.2) is 0 Å². The molecule has 0 saturated carbocycles. The Bertz CT molecular complexity index is 657. The average Bonchev–Trinajstić information content (AvgIpc) is 3.27. The second kappa shape index (κ2) is 6.79. The maximum Gasteiger partial charge on any atom is 0.374 e. The van der Waals surface area contributed by atoms with Crippen LogP contribution in [0.5, 0.6) is 17.2 Å². The van der Waals surface area contributed by atoms with Gasteiger partial charge in [-0.15, -0.1) is 0 Å². The predicted molar refractivity (Wildman–Crippen MR) is 98.5 cm³/mol. The minimum atomic E-state index is -0.132. The Hall–Kier alpha value is -2.75. The van der Waals surface area contributed by atoms with E-state index in [2.05, 4.69) is 0 Å². The van der Waals surface area contributed by atoms with E-state index in [1.54, 1.807) is 0 Å². The molecule has 0 bridgehead atoms. The lowest BCUT2D eigenvalue weighted by Gasteiger charge is -2.05. The molecule has 1 heterocycles. The molecule has 0 spiro atoms. The fourth-order valence-electron chi connectivity index (χ4n) is 2.60. The van der Waals surface area contributed by atoms with Gasteiger partial charge < -0.3 is 14.0 Å². The Morgan fingerprint density at radius 3 is 0.875 bits per heavy atom. The van der Waals surface area contributed by atoms with Crippen LogP contribution in [-0.4, -0.2) is 20.1 Å². The molecule has 6 heteroatoms. The lowest BCUT2D eigenvalue weighted by molar-refractivity contribution is 0.578. The fourth-order valence-corrected chi connectivity index (χ4v) is 2.60. The van der Waals surface area contributed by atoms with E-state index in [9.17, 15) is 0 Å². The van der Waals surface area contributed by atoms with Crippen LogP contribution in [-0.2, 0) is 0 Å². The van der Waals surface area contributed by atoms with Crippen LogP contribution in [0, 0.1) is 0 Å². The molecule has 0 aliphatic carbocycles. The van der Waals surface area contributed by atoms with Crippen LogP contribution < -0.4 is 14.0 Å². The smallest absolute Gasteiger partial charge is 0.374 e. The van der Waals surface area contributed by atoms with Crippen molar-refractivity contribution in [2.45, 2.75) is 0 Å². The third-order valence-electron chi connectivity index (χ3n) is 3.88. The van der Waals surface area contributed by atoms with Crippen LogP contribution in [0.3, 0.4) is 0 Å². The molecular weight excluding hydrogens is 297 g/mol. The van der Waals surface area contributed by atoms with Gasteiger partial charge >= 0.3 is 20.1 Å². The summed E-state index contributed by atoms with van der Waals surface area (Å²) in [4.78, 5) is 0. The van der Waals surface area contributed by atoms with Crippen molar-refractivity contribution in [2.24, 2.45) is 0 Å². The normalized spacial score (nSPS) is 12.8. The molecule has 4 rings (SSSR count). The zero-order valence-electron chi connectivity index (χ0n) is 13.1. The van der Waals surface area contributed by atoms with Crippen LogP contribution in [0.1, 0.15) is 0 Å². The van der Waals surface area contributed by atoms with Crippen molar-refractivity contribution < 1.29 is 14.0 Å². The Labute approximate surface area is 142 Å². The lowest BCUT2D eigenvalue weighted by atomic mass is 9.64. The van der Waals surface area contributed by atoms with E-state index in [-0.39, 0.29) is 20.1 Å². The van der Waals surface area contributed by atoms with Crippen molar-refractivity contribution in [2.75, 3.05) is 0 Å². The highest BCUT2D eigenvalue weighted by molar-refractivity contribution is 7.91.